The zero-order valence-electron chi connectivity index (χ0n) is 17.2. The highest BCUT2D eigenvalue weighted by Gasteiger charge is 2.31. The van der Waals surface area contributed by atoms with Crippen molar-refractivity contribution in [3.8, 4) is 39.8 Å². The molecule has 178 valence electrons. The second-order valence-electron chi connectivity index (χ2n) is 7.30. The van der Waals surface area contributed by atoms with Gasteiger partial charge in [-0.2, -0.15) is 36.9 Å². The van der Waals surface area contributed by atoms with Crippen molar-refractivity contribution in [3.05, 3.63) is 53.3 Å². The third kappa shape index (κ3) is 4.76. The monoisotopic (exact) mass is 507 g/mol. The van der Waals surface area contributed by atoms with Gasteiger partial charge in [0.05, 0.1) is 27.8 Å². The maximum absolute atomic E-state index is 13.0. The van der Waals surface area contributed by atoms with Crippen molar-refractivity contribution >= 4 is 21.6 Å². The number of benzene rings is 2. The van der Waals surface area contributed by atoms with E-state index in [1.54, 1.807) is 12.1 Å². The summed E-state index contributed by atoms with van der Waals surface area (Å²) in [4.78, 5) is 8.13. The molecule has 0 aliphatic rings. The molecule has 13 heteroatoms. The van der Waals surface area contributed by atoms with Crippen molar-refractivity contribution < 1.29 is 31.4 Å². The van der Waals surface area contributed by atoms with Gasteiger partial charge in [-0.3, -0.25) is 0 Å². The number of thiazole rings is 1. The predicted octanol–water partition coefficient (Wildman–Crippen LogP) is 6.25. The summed E-state index contributed by atoms with van der Waals surface area (Å²) in [6, 6.07) is 10.5. The molecule has 0 bridgehead atoms. The highest BCUT2D eigenvalue weighted by Crippen LogP contribution is 2.38. The number of fused-ring (bicyclic) bond motifs is 1. The minimum Gasteiger partial charge on any atom is -0.507 e. The smallest absolute Gasteiger partial charge is 0.416 e. The first-order valence-corrected chi connectivity index (χ1v) is 10.5. The summed E-state index contributed by atoms with van der Waals surface area (Å²) < 4.78 is 78.7. The van der Waals surface area contributed by atoms with Crippen LogP contribution in [-0.4, -0.2) is 25.8 Å². The van der Waals surface area contributed by atoms with Crippen molar-refractivity contribution in [1.29, 1.82) is 10.5 Å². The number of nitriles is 2. The Labute approximate surface area is 196 Å². The molecule has 0 spiro atoms. The fourth-order valence-corrected chi connectivity index (χ4v) is 4.33. The zero-order chi connectivity index (χ0) is 25.5. The predicted molar refractivity (Wildman–Crippen MR) is 113 cm³/mol. The topological polar surface area (TPSA) is 98.5 Å². The van der Waals surface area contributed by atoms with Crippen LogP contribution in [0.5, 0.6) is 5.75 Å². The summed E-state index contributed by atoms with van der Waals surface area (Å²) in [5.74, 6) is -0.629. The van der Waals surface area contributed by atoms with Crippen LogP contribution in [0.25, 0.3) is 32.2 Å². The molecular formula is C22H11F6N5OS. The molecule has 0 amide bonds. The van der Waals surface area contributed by atoms with Crippen LogP contribution < -0.4 is 0 Å². The number of imidazole rings is 1. The van der Waals surface area contributed by atoms with Crippen LogP contribution in [0.15, 0.2) is 36.4 Å². The van der Waals surface area contributed by atoms with Gasteiger partial charge in [0.15, 0.2) is 11.4 Å². The molecular weight excluding hydrogens is 496 g/mol. The first-order chi connectivity index (χ1) is 16.4. The zero-order valence-corrected chi connectivity index (χ0v) is 18.1. The lowest BCUT2D eigenvalue weighted by atomic mass is 10.1. The average Bonchev–Trinajstić information content (AvgIpc) is 3.36. The molecule has 0 fully saturated rings. The summed E-state index contributed by atoms with van der Waals surface area (Å²) >= 11 is 1.09. The lowest BCUT2D eigenvalue weighted by molar-refractivity contribution is -0.138. The highest BCUT2D eigenvalue weighted by atomic mass is 32.1. The number of hydrogen-bond donors (Lipinski definition) is 1. The van der Waals surface area contributed by atoms with Gasteiger partial charge >= 0.3 is 12.4 Å². The first-order valence-electron chi connectivity index (χ1n) is 9.70. The molecule has 2 heterocycles. The molecule has 4 aromatic rings. The Morgan fingerprint density at radius 2 is 1.71 bits per heavy atom. The molecule has 0 saturated heterocycles. The van der Waals surface area contributed by atoms with E-state index in [-0.39, 0.29) is 28.3 Å². The van der Waals surface area contributed by atoms with Gasteiger partial charge in [0.25, 0.3) is 0 Å². The lowest BCUT2D eigenvalue weighted by Gasteiger charge is -2.12. The van der Waals surface area contributed by atoms with Crippen molar-refractivity contribution in [2.45, 2.75) is 25.3 Å². The summed E-state index contributed by atoms with van der Waals surface area (Å²) in [5, 5.41) is 29.5. The Hall–Kier alpha value is -4.10. The molecule has 1 N–H and O–H groups in total. The largest absolute Gasteiger partial charge is 0.507 e. The Bertz CT molecular complexity index is 1520. The van der Waals surface area contributed by atoms with Crippen LogP contribution in [0.3, 0.4) is 0 Å². The Balaban J connectivity index is 1.76. The second-order valence-corrected chi connectivity index (χ2v) is 8.33. The van der Waals surface area contributed by atoms with Crippen molar-refractivity contribution in [3.63, 3.8) is 0 Å². The van der Waals surface area contributed by atoms with Crippen LogP contribution in [0, 0.1) is 22.7 Å². The van der Waals surface area contributed by atoms with Gasteiger partial charge in [-0.15, -0.1) is 11.3 Å². The Morgan fingerprint density at radius 3 is 2.31 bits per heavy atom. The van der Waals surface area contributed by atoms with E-state index in [1.807, 2.05) is 0 Å². The minimum atomic E-state index is -4.54. The van der Waals surface area contributed by atoms with Gasteiger partial charge in [0, 0.05) is 12.1 Å². The number of nitrogens with zero attached hydrogens (tertiary/aromatic N) is 5. The van der Waals surface area contributed by atoms with Crippen LogP contribution in [0.1, 0.15) is 23.4 Å². The van der Waals surface area contributed by atoms with E-state index in [2.05, 4.69) is 9.97 Å². The van der Waals surface area contributed by atoms with Gasteiger partial charge in [-0.25, -0.2) is 9.97 Å². The number of hydrogen-bond acceptors (Lipinski definition) is 6. The minimum absolute atomic E-state index is 0.0330. The summed E-state index contributed by atoms with van der Waals surface area (Å²) in [5.41, 5.74) is -1.19. The van der Waals surface area contributed by atoms with Gasteiger partial charge in [-0.1, -0.05) is 6.07 Å². The average molecular weight is 507 g/mol. The summed E-state index contributed by atoms with van der Waals surface area (Å²) in [6.45, 7) is -0.697. The van der Waals surface area contributed by atoms with Gasteiger partial charge < -0.3 is 9.67 Å². The van der Waals surface area contributed by atoms with Gasteiger partial charge in [0.1, 0.15) is 28.7 Å². The van der Waals surface area contributed by atoms with E-state index < -0.39 is 36.6 Å². The summed E-state index contributed by atoms with van der Waals surface area (Å²) in [7, 11) is 0. The molecule has 4 rings (SSSR count). The molecule has 6 nitrogen and oxygen atoms in total. The third-order valence-electron chi connectivity index (χ3n) is 5.00. The van der Waals surface area contributed by atoms with E-state index in [1.165, 1.54) is 24.3 Å². The maximum atomic E-state index is 13.0. The lowest BCUT2D eigenvalue weighted by Crippen LogP contribution is -2.14. The number of halogens is 6. The van der Waals surface area contributed by atoms with Crippen LogP contribution in [-0.2, 0) is 12.7 Å². The molecule has 2 aromatic heterocycles. The van der Waals surface area contributed by atoms with Gasteiger partial charge in [-0.05, 0) is 30.3 Å². The van der Waals surface area contributed by atoms with Crippen molar-refractivity contribution in [1.82, 2.24) is 14.5 Å². The third-order valence-corrected chi connectivity index (χ3v) is 6.08. The van der Waals surface area contributed by atoms with Gasteiger partial charge in [0.2, 0.25) is 0 Å². The van der Waals surface area contributed by atoms with Crippen molar-refractivity contribution in [2.75, 3.05) is 0 Å². The van der Waals surface area contributed by atoms with Crippen LogP contribution in [0.4, 0.5) is 26.3 Å². The molecule has 2 aromatic carbocycles. The van der Waals surface area contributed by atoms with E-state index >= 15 is 0 Å². The molecule has 0 aliphatic carbocycles. The standard InChI is InChI=1S/C22H11F6N5OS/c23-21(24,25)5-6-33-16(10-30)15(9-29)31-19(33)13-3-1-11(7-17(13)34)20-32-14-8-12(22(26,27)28)2-4-18(14)35-20/h1-4,7-8,34H,5-6H2. The van der Waals surface area contributed by atoms with Crippen molar-refractivity contribution in [2.24, 2.45) is 0 Å². The van der Waals surface area contributed by atoms with Crippen LogP contribution in [0.2, 0.25) is 0 Å². The number of phenols is 1. The number of alkyl halides is 6. The Kier molecular flexibility index (Phi) is 5.90. The quantitative estimate of drug-likeness (QED) is 0.330. The van der Waals surface area contributed by atoms with Crippen LogP contribution >= 0.6 is 11.3 Å². The fraction of sp³-hybridized carbons (Fsp3) is 0.182. The SMILES string of the molecule is N#Cc1nc(-c2ccc(-c3nc4cc(C(F)(F)F)ccc4s3)cc2O)n(CCC(F)(F)F)c1C#N. The number of aromatic nitrogens is 3. The first kappa shape index (κ1) is 24.0. The number of rotatable bonds is 4. The molecule has 0 radical (unpaired) electrons. The Morgan fingerprint density at radius 1 is 0.971 bits per heavy atom. The van der Waals surface area contributed by atoms with E-state index in [9.17, 15) is 42.0 Å². The van der Waals surface area contributed by atoms with E-state index in [0.29, 0.717) is 15.3 Å². The fourth-order valence-electron chi connectivity index (χ4n) is 3.39. The van der Waals surface area contributed by atoms with E-state index in [4.69, 9.17) is 0 Å². The maximum Gasteiger partial charge on any atom is 0.416 e. The number of aromatic hydroxyl groups is 1. The molecule has 0 saturated carbocycles. The molecule has 0 aliphatic heterocycles. The second kappa shape index (κ2) is 8.60. The highest BCUT2D eigenvalue weighted by molar-refractivity contribution is 7.21. The molecule has 0 unspecified atom stereocenters. The molecule has 0 atom stereocenters. The molecule has 35 heavy (non-hydrogen) atoms. The number of phenolic OH excluding ortho intramolecular Hbond substituents is 1. The van der Waals surface area contributed by atoms with E-state index in [0.717, 1.165) is 28.0 Å². The summed E-state index contributed by atoms with van der Waals surface area (Å²) in [6.07, 6.45) is -10.4. The normalized spacial score (nSPS) is 12.0.